The number of nitrogens with zero attached hydrogens (tertiary/aromatic N) is 3. The fourth-order valence-electron chi connectivity index (χ4n) is 2.93. The van der Waals surface area contributed by atoms with Gasteiger partial charge in [-0.15, -0.1) is 0 Å². The lowest BCUT2D eigenvalue weighted by molar-refractivity contribution is 0.0454. The molecule has 0 bridgehead atoms. The second-order valence-corrected chi connectivity index (χ2v) is 4.99. The van der Waals surface area contributed by atoms with Gasteiger partial charge in [-0.2, -0.15) is 0 Å². The number of ether oxygens (including phenoxy) is 1. The Morgan fingerprint density at radius 2 is 2.19 bits per heavy atom. The molecule has 106 valence electrons. The molecule has 2 aliphatic rings. The van der Waals surface area contributed by atoms with Crippen LogP contribution in [0.25, 0.3) is 5.69 Å². The highest BCUT2D eigenvalue weighted by Gasteiger charge is 2.42. The monoisotopic (exact) mass is 285 g/mol. The fraction of sp³-hybridized carbons (Fsp3) is 0.214. The quantitative estimate of drug-likeness (QED) is 0.808. The topological polar surface area (TPSA) is 84.7 Å². The number of aromatic nitrogens is 2. The Labute approximate surface area is 119 Å². The molecule has 1 saturated heterocycles. The van der Waals surface area contributed by atoms with Gasteiger partial charge >= 0.3 is 6.16 Å². The molecule has 2 aliphatic heterocycles. The highest BCUT2D eigenvalue weighted by molar-refractivity contribution is 5.99. The SMILES string of the molecule is O=C(O)Oc1ncn2c1[C@@H]1CCN1C(=O)c1ccccc1-2. The van der Waals surface area contributed by atoms with Gasteiger partial charge in [0, 0.05) is 6.54 Å². The molecule has 0 spiro atoms. The molecule has 3 heterocycles. The van der Waals surface area contributed by atoms with E-state index in [2.05, 4.69) is 4.98 Å². The zero-order valence-electron chi connectivity index (χ0n) is 10.9. The van der Waals surface area contributed by atoms with Gasteiger partial charge in [-0.3, -0.25) is 9.36 Å². The number of rotatable bonds is 1. The first-order valence-corrected chi connectivity index (χ1v) is 6.55. The number of amides is 1. The van der Waals surface area contributed by atoms with Crippen molar-refractivity contribution in [3.63, 3.8) is 0 Å². The first-order valence-electron chi connectivity index (χ1n) is 6.55. The maximum absolute atomic E-state index is 12.5. The van der Waals surface area contributed by atoms with Crippen molar-refractivity contribution in [1.29, 1.82) is 0 Å². The van der Waals surface area contributed by atoms with Crippen molar-refractivity contribution in [3.8, 4) is 11.6 Å². The summed E-state index contributed by atoms with van der Waals surface area (Å²) >= 11 is 0. The number of imidazole rings is 1. The summed E-state index contributed by atoms with van der Waals surface area (Å²) in [6.07, 6.45) is 0.856. The summed E-state index contributed by atoms with van der Waals surface area (Å²) in [5.74, 6) is -0.00599. The summed E-state index contributed by atoms with van der Waals surface area (Å²) in [6, 6.07) is 7.02. The molecule has 1 aromatic carbocycles. The Bertz CT molecular complexity index is 767. The van der Waals surface area contributed by atoms with Gasteiger partial charge in [-0.05, 0) is 18.6 Å². The van der Waals surface area contributed by atoms with Crippen molar-refractivity contribution in [3.05, 3.63) is 41.9 Å². The summed E-state index contributed by atoms with van der Waals surface area (Å²) in [4.78, 5) is 29.1. The van der Waals surface area contributed by atoms with E-state index in [1.807, 2.05) is 18.2 Å². The van der Waals surface area contributed by atoms with Crippen molar-refractivity contribution in [2.24, 2.45) is 0 Å². The second kappa shape index (κ2) is 4.08. The molecule has 1 atom stereocenters. The Hall–Kier alpha value is -2.83. The van der Waals surface area contributed by atoms with Gasteiger partial charge < -0.3 is 14.7 Å². The van der Waals surface area contributed by atoms with Crippen LogP contribution in [0.3, 0.4) is 0 Å². The van der Waals surface area contributed by atoms with Crippen LogP contribution in [-0.2, 0) is 0 Å². The van der Waals surface area contributed by atoms with E-state index in [9.17, 15) is 9.59 Å². The molecule has 1 N–H and O–H groups in total. The molecular weight excluding hydrogens is 274 g/mol. The first-order chi connectivity index (χ1) is 10.2. The van der Waals surface area contributed by atoms with Crippen molar-refractivity contribution in [2.75, 3.05) is 6.54 Å². The van der Waals surface area contributed by atoms with E-state index < -0.39 is 6.16 Å². The van der Waals surface area contributed by atoms with E-state index >= 15 is 0 Å². The molecule has 1 fully saturated rings. The van der Waals surface area contributed by atoms with Crippen LogP contribution < -0.4 is 4.74 Å². The molecule has 1 aromatic heterocycles. The average molecular weight is 285 g/mol. The highest BCUT2D eigenvalue weighted by Crippen LogP contribution is 2.43. The van der Waals surface area contributed by atoms with Crippen LogP contribution in [0.1, 0.15) is 28.5 Å². The van der Waals surface area contributed by atoms with E-state index in [-0.39, 0.29) is 17.8 Å². The third kappa shape index (κ3) is 1.57. The second-order valence-electron chi connectivity index (χ2n) is 4.99. The minimum Gasteiger partial charge on any atom is -0.449 e. The van der Waals surface area contributed by atoms with Crippen LogP contribution in [0.5, 0.6) is 5.88 Å². The summed E-state index contributed by atoms with van der Waals surface area (Å²) < 4.78 is 6.50. The number of para-hydroxylation sites is 1. The summed E-state index contributed by atoms with van der Waals surface area (Å²) in [5.41, 5.74) is 1.89. The van der Waals surface area contributed by atoms with Gasteiger partial charge in [0.25, 0.3) is 5.91 Å². The number of carbonyl (C=O) groups is 2. The lowest BCUT2D eigenvalue weighted by atomic mass is 9.99. The van der Waals surface area contributed by atoms with Gasteiger partial charge in [0.05, 0.1) is 17.3 Å². The molecule has 4 rings (SSSR count). The zero-order valence-corrected chi connectivity index (χ0v) is 10.9. The minimum atomic E-state index is -1.41. The Kier molecular flexibility index (Phi) is 2.32. The van der Waals surface area contributed by atoms with Gasteiger partial charge in [0.15, 0.2) is 0 Å². The lowest BCUT2D eigenvalue weighted by Gasteiger charge is -2.39. The molecule has 7 nitrogen and oxygen atoms in total. The third-order valence-corrected chi connectivity index (χ3v) is 3.94. The zero-order chi connectivity index (χ0) is 14.6. The molecule has 0 radical (unpaired) electrons. The third-order valence-electron chi connectivity index (χ3n) is 3.94. The maximum Gasteiger partial charge on any atom is 0.512 e. The van der Waals surface area contributed by atoms with Gasteiger partial charge in [0.1, 0.15) is 12.0 Å². The van der Waals surface area contributed by atoms with E-state index in [4.69, 9.17) is 9.84 Å². The van der Waals surface area contributed by atoms with Gasteiger partial charge in [0.2, 0.25) is 5.88 Å². The number of carboxylic acid groups (broad SMARTS) is 1. The summed E-state index contributed by atoms with van der Waals surface area (Å²) in [6.45, 7) is 0.648. The number of hydrogen-bond donors (Lipinski definition) is 1. The Balaban J connectivity index is 1.96. The molecule has 7 heteroatoms. The summed E-state index contributed by atoms with van der Waals surface area (Å²) in [7, 11) is 0. The predicted octanol–water partition coefficient (Wildman–Crippen LogP) is 1.83. The molecular formula is C14H11N3O4. The Morgan fingerprint density at radius 3 is 2.90 bits per heavy atom. The van der Waals surface area contributed by atoms with E-state index in [0.29, 0.717) is 23.5 Å². The van der Waals surface area contributed by atoms with E-state index in [1.165, 1.54) is 6.33 Å². The van der Waals surface area contributed by atoms with Crippen molar-refractivity contribution < 1.29 is 19.4 Å². The maximum atomic E-state index is 12.5. The molecule has 1 amide bonds. The fourth-order valence-corrected chi connectivity index (χ4v) is 2.93. The standard InChI is InChI=1S/C14H11N3O4/c18-13-8-3-1-2-4-9(8)17-7-15-12(21-14(19)20)11(17)10-5-6-16(10)13/h1-4,7,10H,5-6H2,(H,19,20)/t10-/m0/s1. The van der Waals surface area contributed by atoms with Crippen LogP contribution >= 0.6 is 0 Å². The van der Waals surface area contributed by atoms with Crippen LogP contribution in [0.2, 0.25) is 0 Å². The Morgan fingerprint density at radius 1 is 1.38 bits per heavy atom. The smallest absolute Gasteiger partial charge is 0.449 e. The van der Waals surface area contributed by atoms with E-state index in [0.717, 1.165) is 6.42 Å². The van der Waals surface area contributed by atoms with Crippen LogP contribution in [0, 0.1) is 0 Å². The predicted molar refractivity (Wildman–Crippen MR) is 70.6 cm³/mol. The van der Waals surface area contributed by atoms with Crippen LogP contribution in [-0.4, -0.2) is 38.2 Å². The summed E-state index contributed by atoms with van der Waals surface area (Å²) in [5, 5.41) is 8.82. The highest BCUT2D eigenvalue weighted by atomic mass is 16.7. The number of benzene rings is 1. The minimum absolute atomic E-state index is 0.0432. The molecule has 0 saturated carbocycles. The van der Waals surface area contributed by atoms with Gasteiger partial charge in [-0.1, -0.05) is 12.1 Å². The average Bonchev–Trinajstić information content (AvgIpc) is 2.77. The number of fused-ring (bicyclic) bond motifs is 5. The van der Waals surface area contributed by atoms with Crippen LogP contribution in [0.15, 0.2) is 30.6 Å². The van der Waals surface area contributed by atoms with Crippen molar-refractivity contribution >= 4 is 12.1 Å². The normalized spacial score (nSPS) is 19.0. The molecule has 0 aliphatic carbocycles. The first kappa shape index (κ1) is 12.0. The van der Waals surface area contributed by atoms with Crippen LogP contribution in [0.4, 0.5) is 4.79 Å². The van der Waals surface area contributed by atoms with Crippen molar-refractivity contribution in [1.82, 2.24) is 14.5 Å². The number of carbonyl (C=O) groups excluding carboxylic acids is 1. The molecule has 2 aromatic rings. The van der Waals surface area contributed by atoms with Gasteiger partial charge in [-0.25, -0.2) is 9.78 Å². The van der Waals surface area contributed by atoms with E-state index in [1.54, 1.807) is 15.5 Å². The lowest BCUT2D eigenvalue weighted by Crippen LogP contribution is -2.44. The van der Waals surface area contributed by atoms with Crippen molar-refractivity contribution in [2.45, 2.75) is 12.5 Å². The largest absolute Gasteiger partial charge is 0.512 e. The molecule has 21 heavy (non-hydrogen) atoms. The number of hydrogen-bond acceptors (Lipinski definition) is 4. The molecule has 0 unspecified atom stereocenters.